The van der Waals surface area contributed by atoms with Crippen molar-refractivity contribution in [3.63, 3.8) is 0 Å². The van der Waals surface area contributed by atoms with E-state index in [-0.39, 0.29) is 30.1 Å². The molecule has 2 heterocycles. The molecule has 2 unspecified atom stereocenters. The van der Waals surface area contributed by atoms with Crippen LogP contribution < -0.4 is 5.32 Å². The summed E-state index contributed by atoms with van der Waals surface area (Å²) in [4.78, 5) is 9.73. The van der Waals surface area contributed by atoms with E-state index in [1.165, 1.54) is 6.42 Å². The summed E-state index contributed by atoms with van der Waals surface area (Å²) in [5.74, 6) is 2.35. The third-order valence-electron chi connectivity index (χ3n) is 4.61. The van der Waals surface area contributed by atoms with Crippen LogP contribution in [0, 0.1) is 11.8 Å². The van der Waals surface area contributed by atoms with E-state index in [0.717, 1.165) is 65.0 Å². The number of nitrogens with zero attached hydrogens (tertiary/aromatic N) is 3. The first-order chi connectivity index (χ1) is 11.6. The summed E-state index contributed by atoms with van der Waals surface area (Å²) in [6.45, 7) is 15.2. The van der Waals surface area contributed by atoms with Crippen LogP contribution in [-0.2, 0) is 9.47 Å². The number of ether oxygens (including phenoxy) is 2. The van der Waals surface area contributed by atoms with Crippen LogP contribution in [-0.4, -0.2) is 88.0 Å². The van der Waals surface area contributed by atoms with Crippen molar-refractivity contribution < 1.29 is 9.47 Å². The molecule has 7 heteroatoms. The van der Waals surface area contributed by atoms with E-state index >= 15 is 0 Å². The fraction of sp³-hybridized carbons (Fsp3) is 0.944. The van der Waals surface area contributed by atoms with Crippen LogP contribution in [0.1, 0.15) is 27.2 Å². The van der Waals surface area contributed by atoms with Gasteiger partial charge in [-0.25, -0.2) is 0 Å². The highest BCUT2D eigenvalue weighted by atomic mass is 127. The molecule has 2 fully saturated rings. The molecule has 2 aliphatic rings. The lowest BCUT2D eigenvalue weighted by atomic mass is 10.1. The van der Waals surface area contributed by atoms with E-state index < -0.39 is 0 Å². The van der Waals surface area contributed by atoms with Gasteiger partial charge >= 0.3 is 0 Å². The smallest absolute Gasteiger partial charge is 0.194 e. The van der Waals surface area contributed by atoms with E-state index in [2.05, 4.69) is 35.9 Å². The molecule has 0 spiro atoms. The van der Waals surface area contributed by atoms with Gasteiger partial charge in [0.15, 0.2) is 5.96 Å². The Bertz CT molecular complexity index is 395. The Balaban J connectivity index is 0.00000312. The second kappa shape index (κ2) is 12.3. The molecular formula is C18H37IN4O2. The third kappa shape index (κ3) is 7.97. The fourth-order valence-corrected chi connectivity index (χ4v) is 3.58. The minimum Gasteiger partial charge on any atom is -0.384 e. The van der Waals surface area contributed by atoms with Gasteiger partial charge in [-0.05, 0) is 19.3 Å². The number of guanidine groups is 1. The predicted octanol–water partition coefficient (Wildman–Crippen LogP) is 1.90. The lowest BCUT2D eigenvalue weighted by Gasteiger charge is -2.33. The first-order valence-electron chi connectivity index (χ1n) is 9.48. The zero-order valence-electron chi connectivity index (χ0n) is 16.4. The standard InChI is InChI=1S/C18H36N4O2.HI/c1-5-19-18(22-7-6-16(12-22)14-23-4)20-10-17-13-21(8-9-24-17)11-15(2)3;/h15-17H,5-14H2,1-4H3,(H,19,20);1H. The maximum absolute atomic E-state index is 5.93. The molecule has 0 radical (unpaired) electrons. The van der Waals surface area contributed by atoms with Gasteiger partial charge in [-0.15, -0.1) is 24.0 Å². The number of nitrogens with one attached hydrogen (secondary N) is 1. The largest absolute Gasteiger partial charge is 0.384 e. The van der Waals surface area contributed by atoms with Crippen LogP contribution in [0.3, 0.4) is 0 Å². The van der Waals surface area contributed by atoms with E-state index in [1.54, 1.807) is 7.11 Å². The number of methoxy groups -OCH3 is 1. The Hall–Kier alpha value is -0.120. The Kier molecular flexibility index (Phi) is 11.3. The van der Waals surface area contributed by atoms with Crippen molar-refractivity contribution in [2.45, 2.75) is 33.3 Å². The van der Waals surface area contributed by atoms with Gasteiger partial charge in [-0.2, -0.15) is 0 Å². The normalized spacial score (nSPS) is 25.3. The minimum absolute atomic E-state index is 0. The Morgan fingerprint density at radius 1 is 1.32 bits per heavy atom. The summed E-state index contributed by atoms with van der Waals surface area (Å²) in [7, 11) is 1.78. The number of likely N-dealkylation sites (tertiary alicyclic amines) is 1. The molecule has 0 aromatic heterocycles. The van der Waals surface area contributed by atoms with Crippen LogP contribution in [0.4, 0.5) is 0 Å². The molecule has 0 aliphatic carbocycles. The number of morpholine rings is 1. The molecule has 0 aromatic carbocycles. The van der Waals surface area contributed by atoms with Crippen LogP contribution in [0.15, 0.2) is 4.99 Å². The first kappa shape index (κ1) is 22.9. The molecule has 148 valence electrons. The zero-order valence-corrected chi connectivity index (χ0v) is 18.7. The number of rotatable bonds is 7. The molecule has 2 rings (SSSR count). The topological polar surface area (TPSA) is 49.3 Å². The first-order valence-corrected chi connectivity index (χ1v) is 9.48. The van der Waals surface area contributed by atoms with Gasteiger partial charge in [0.1, 0.15) is 0 Å². The van der Waals surface area contributed by atoms with E-state index in [1.807, 2.05) is 0 Å². The predicted molar refractivity (Wildman–Crippen MR) is 114 cm³/mol. The SMILES string of the molecule is CCNC(=NCC1CN(CC(C)C)CCO1)N1CCC(COC)C1.I. The highest BCUT2D eigenvalue weighted by molar-refractivity contribution is 14.0. The summed E-state index contributed by atoms with van der Waals surface area (Å²) in [5.41, 5.74) is 0. The third-order valence-corrected chi connectivity index (χ3v) is 4.61. The van der Waals surface area contributed by atoms with Crippen molar-refractivity contribution in [2.24, 2.45) is 16.8 Å². The van der Waals surface area contributed by atoms with Crippen LogP contribution >= 0.6 is 24.0 Å². The number of aliphatic imine (C=N–C) groups is 1. The summed E-state index contributed by atoms with van der Waals surface area (Å²) < 4.78 is 11.2. The fourth-order valence-electron chi connectivity index (χ4n) is 3.58. The summed E-state index contributed by atoms with van der Waals surface area (Å²) in [6, 6.07) is 0. The second-order valence-electron chi connectivity index (χ2n) is 7.40. The molecule has 0 aromatic rings. The summed E-state index contributed by atoms with van der Waals surface area (Å²) in [6.07, 6.45) is 1.39. The Morgan fingerprint density at radius 2 is 2.12 bits per heavy atom. The molecule has 0 amide bonds. The molecule has 2 aliphatic heterocycles. The van der Waals surface area contributed by atoms with Gasteiger partial charge in [0, 0.05) is 52.3 Å². The van der Waals surface area contributed by atoms with Crippen LogP contribution in [0.25, 0.3) is 0 Å². The van der Waals surface area contributed by atoms with Gasteiger partial charge in [-0.1, -0.05) is 13.8 Å². The molecule has 1 N–H and O–H groups in total. The Morgan fingerprint density at radius 3 is 2.80 bits per heavy atom. The highest BCUT2D eigenvalue weighted by Gasteiger charge is 2.26. The molecule has 2 saturated heterocycles. The van der Waals surface area contributed by atoms with Crippen LogP contribution in [0.5, 0.6) is 0 Å². The second-order valence-corrected chi connectivity index (χ2v) is 7.40. The maximum Gasteiger partial charge on any atom is 0.194 e. The summed E-state index contributed by atoms with van der Waals surface area (Å²) >= 11 is 0. The van der Waals surface area contributed by atoms with Crippen molar-refractivity contribution in [1.82, 2.24) is 15.1 Å². The van der Waals surface area contributed by atoms with Crippen molar-refractivity contribution in [1.29, 1.82) is 0 Å². The zero-order chi connectivity index (χ0) is 17.4. The molecule has 6 nitrogen and oxygen atoms in total. The lowest BCUT2D eigenvalue weighted by Crippen LogP contribution is -2.46. The lowest BCUT2D eigenvalue weighted by molar-refractivity contribution is -0.0262. The maximum atomic E-state index is 5.93. The number of halogens is 1. The van der Waals surface area contributed by atoms with Crippen molar-refractivity contribution in [3.05, 3.63) is 0 Å². The van der Waals surface area contributed by atoms with Gasteiger partial charge in [-0.3, -0.25) is 9.89 Å². The number of hydrogen-bond acceptors (Lipinski definition) is 4. The van der Waals surface area contributed by atoms with Crippen LogP contribution in [0.2, 0.25) is 0 Å². The molecule has 2 atom stereocenters. The van der Waals surface area contributed by atoms with Gasteiger partial charge < -0.3 is 19.7 Å². The average molecular weight is 468 g/mol. The molecular weight excluding hydrogens is 431 g/mol. The van der Waals surface area contributed by atoms with Gasteiger partial charge in [0.05, 0.1) is 25.9 Å². The summed E-state index contributed by atoms with van der Waals surface area (Å²) in [5, 5.41) is 3.44. The van der Waals surface area contributed by atoms with E-state index in [9.17, 15) is 0 Å². The molecule has 0 saturated carbocycles. The van der Waals surface area contributed by atoms with Crippen molar-refractivity contribution in [2.75, 3.05) is 66.1 Å². The minimum atomic E-state index is 0. The quantitative estimate of drug-likeness (QED) is 0.352. The number of hydrogen-bond donors (Lipinski definition) is 1. The van der Waals surface area contributed by atoms with E-state index in [4.69, 9.17) is 14.5 Å². The Labute approximate surface area is 170 Å². The molecule has 0 bridgehead atoms. The monoisotopic (exact) mass is 468 g/mol. The average Bonchev–Trinajstić information content (AvgIpc) is 3.00. The van der Waals surface area contributed by atoms with Crippen molar-refractivity contribution in [3.8, 4) is 0 Å². The van der Waals surface area contributed by atoms with E-state index in [0.29, 0.717) is 11.8 Å². The van der Waals surface area contributed by atoms with Gasteiger partial charge in [0.25, 0.3) is 0 Å². The van der Waals surface area contributed by atoms with Crippen molar-refractivity contribution >= 4 is 29.9 Å². The highest BCUT2D eigenvalue weighted by Crippen LogP contribution is 2.16. The van der Waals surface area contributed by atoms with Gasteiger partial charge in [0.2, 0.25) is 0 Å². The molecule has 25 heavy (non-hydrogen) atoms.